The quantitative estimate of drug-likeness (QED) is 0.369. The molecule has 0 saturated heterocycles. The van der Waals surface area contributed by atoms with Crippen LogP contribution in [0.4, 0.5) is 0 Å². The summed E-state index contributed by atoms with van der Waals surface area (Å²) in [4.78, 5) is 11.9. The predicted octanol–water partition coefficient (Wildman–Crippen LogP) is 5.89. The molecule has 0 aromatic rings. The lowest BCUT2D eigenvalue weighted by Gasteiger charge is -2.32. The molecule has 2 heteroatoms. The third-order valence-corrected chi connectivity index (χ3v) is 3.33. The van der Waals surface area contributed by atoms with Gasteiger partial charge in [-0.1, -0.05) is 66.2 Å². The fourth-order valence-electron chi connectivity index (χ4n) is 2.90. The lowest BCUT2D eigenvalue weighted by Crippen LogP contribution is -2.32. The van der Waals surface area contributed by atoms with Crippen LogP contribution in [-0.2, 0) is 9.53 Å². The second-order valence-electron chi connectivity index (χ2n) is 7.84. The summed E-state index contributed by atoms with van der Waals surface area (Å²) in [6.45, 7) is 12.8. The van der Waals surface area contributed by atoms with Gasteiger partial charge < -0.3 is 4.74 Å². The lowest BCUT2D eigenvalue weighted by atomic mass is 9.83. The van der Waals surface area contributed by atoms with Crippen molar-refractivity contribution in [3.8, 4) is 0 Å². The van der Waals surface area contributed by atoms with Crippen LogP contribution in [0.2, 0.25) is 0 Å². The third kappa shape index (κ3) is 12.5. The molecule has 120 valence electrons. The van der Waals surface area contributed by atoms with Gasteiger partial charge in [-0.05, 0) is 32.1 Å². The first kappa shape index (κ1) is 19.5. The highest BCUT2D eigenvalue weighted by Gasteiger charge is 2.28. The number of carbonyl (C=O) groups is 1. The van der Waals surface area contributed by atoms with E-state index < -0.39 is 0 Å². The van der Waals surface area contributed by atoms with Crippen molar-refractivity contribution < 1.29 is 9.53 Å². The molecule has 0 bridgehead atoms. The summed E-state index contributed by atoms with van der Waals surface area (Å²) in [7, 11) is 0. The van der Waals surface area contributed by atoms with E-state index in [1.54, 1.807) is 0 Å². The molecular weight excluding hydrogens is 248 g/mol. The van der Waals surface area contributed by atoms with E-state index in [0.29, 0.717) is 6.42 Å². The van der Waals surface area contributed by atoms with Crippen molar-refractivity contribution >= 4 is 5.97 Å². The van der Waals surface area contributed by atoms with Crippen molar-refractivity contribution in [1.29, 1.82) is 0 Å². The fourth-order valence-corrected chi connectivity index (χ4v) is 2.90. The Kier molecular flexibility index (Phi) is 9.16. The molecule has 2 nitrogen and oxygen atoms in total. The van der Waals surface area contributed by atoms with E-state index in [-0.39, 0.29) is 17.0 Å². The molecule has 0 atom stereocenters. The molecule has 0 heterocycles. The Balaban J connectivity index is 3.72. The molecule has 0 amide bonds. The number of ether oxygens (including phenoxy) is 1. The molecule has 0 aliphatic carbocycles. The van der Waals surface area contributed by atoms with Gasteiger partial charge in [-0.3, -0.25) is 4.79 Å². The number of unbranched alkanes of at least 4 members (excludes halogenated alkanes) is 6. The Bertz CT molecular complexity index is 261. The smallest absolute Gasteiger partial charge is 0.306 e. The first-order valence-corrected chi connectivity index (χ1v) is 8.38. The molecule has 0 spiro atoms. The molecule has 0 radical (unpaired) electrons. The fraction of sp³-hybridized carbons (Fsp3) is 0.944. The second-order valence-corrected chi connectivity index (χ2v) is 7.84. The van der Waals surface area contributed by atoms with Crippen LogP contribution < -0.4 is 0 Å². The van der Waals surface area contributed by atoms with Crippen LogP contribution in [0.3, 0.4) is 0 Å². The third-order valence-electron chi connectivity index (χ3n) is 3.33. The van der Waals surface area contributed by atoms with Gasteiger partial charge in [-0.15, -0.1) is 0 Å². The standard InChI is InChI=1S/C18H36O2/c1-7-8-9-10-11-12-13-14-16(19)20-18(5,6)15-17(2,3)4/h7-15H2,1-6H3. The molecule has 0 aliphatic heterocycles. The highest BCUT2D eigenvalue weighted by molar-refractivity contribution is 5.69. The van der Waals surface area contributed by atoms with Gasteiger partial charge in [0.05, 0.1) is 0 Å². The van der Waals surface area contributed by atoms with Crippen molar-refractivity contribution in [2.45, 2.75) is 105 Å². The Morgan fingerprint density at radius 3 is 1.85 bits per heavy atom. The zero-order chi connectivity index (χ0) is 15.6. The Hall–Kier alpha value is -0.530. The van der Waals surface area contributed by atoms with Crippen LogP contribution in [0.25, 0.3) is 0 Å². The average molecular weight is 284 g/mol. The van der Waals surface area contributed by atoms with Crippen molar-refractivity contribution in [2.24, 2.45) is 5.41 Å². The van der Waals surface area contributed by atoms with E-state index in [2.05, 4.69) is 27.7 Å². The molecule has 20 heavy (non-hydrogen) atoms. The Morgan fingerprint density at radius 2 is 1.35 bits per heavy atom. The second kappa shape index (κ2) is 9.41. The molecule has 0 aliphatic rings. The minimum Gasteiger partial charge on any atom is -0.460 e. The zero-order valence-corrected chi connectivity index (χ0v) is 14.7. The first-order valence-electron chi connectivity index (χ1n) is 8.38. The summed E-state index contributed by atoms with van der Waals surface area (Å²) in [6, 6.07) is 0. The van der Waals surface area contributed by atoms with E-state index in [1.165, 1.54) is 32.1 Å². The van der Waals surface area contributed by atoms with Crippen LogP contribution in [0.15, 0.2) is 0 Å². The number of esters is 1. The molecule has 0 rings (SSSR count). The van der Waals surface area contributed by atoms with Crippen LogP contribution in [0.5, 0.6) is 0 Å². The van der Waals surface area contributed by atoms with Gasteiger partial charge in [-0.25, -0.2) is 0 Å². The van der Waals surface area contributed by atoms with Crippen molar-refractivity contribution in [3.05, 3.63) is 0 Å². The Labute approximate surface area is 126 Å². The summed E-state index contributed by atoms with van der Waals surface area (Å²) in [5.74, 6) is -0.0344. The van der Waals surface area contributed by atoms with Crippen LogP contribution >= 0.6 is 0 Å². The van der Waals surface area contributed by atoms with Gasteiger partial charge in [0.1, 0.15) is 5.60 Å². The van der Waals surface area contributed by atoms with Crippen molar-refractivity contribution in [3.63, 3.8) is 0 Å². The molecule has 0 unspecified atom stereocenters. The summed E-state index contributed by atoms with van der Waals surface area (Å²) < 4.78 is 5.62. The topological polar surface area (TPSA) is 26.3 Å². The first-order chi connectivity index (χ1) is 9.16. The summed E-state index contributed by atoms with van der Waals surface area (Å²) in [5.41, 5.74) is -0.167. The highest BCUT2D eigenvalue weighted by atomic mass is 16.6. The molecule has 0 saturated carbocycles. The summed E-state index contributed by atoms with van der Waals surface area (Å²) >= 11 is 0. The largest absolute Gasteiger partial charge is 0.460 e. The normalized spacial score (nSPS) is 12.5. The minimum atomic E-state index is -0.351. The minimum absolute atomic E-state index is 0.0344. The van der Waals surface area contributed by atoms with Crippen molar-refractivity contribution in [1.82, 2.24) is 0 Å². The Morgan fingerprint density at radius 1 is 0.850 bits per heavy atom. The molecular formula is C18H36O2. The maximum Gasteiger partial charge on any atom is 0.306 e. The molecule has 0 N–H and O–H groups in total. The maximum atomic E-state index is 11.9. The van der Waals surface area contributed by atoms with Gasteiger partial charge >= 0.3 is 5.97 Å². The van der Waals surface area contributed by atoms with E-state index >= 15 is 0 Å². The van der Waals surface area contributed by atoms with Gasteiger partial charge in [0.15, 0.2) is 0 Å². The number of hydrogen-bond donors (Lipinski definition) is 0. The number of rotatable bonds is 10. The van der Waals surface area contributed by atoms with Gasteiger partial charge in [0.2, 0.25) is 0 Å². The van der Waals surface area contributed by atoms with Crippen LogP contribution in [-0.4, -0.2) is 11.6 Å². The van der Waals surface area contributed by atoms with Gasteiger partial charge in [0, 0.05) is 6.42 Å². The van der Waals surface area contributed by atoms with Gasteiger partial charge in [0.25, 0.3) is 0 Å². The SMILES string of the molecule is CCCCCCCCCC(=O)OC(C)(C)CC(C)(C)C. The van der Waals surface area contributed by atoms with Crippen molar-refractivity contribution in [2.75, 3.05) is 0 Å². The maximum absolute atomic E-state index is 11.9. The summed E-state index contributed by atoms with van der Waals surface area (Å²) in [6.07, 6.45) is 10.1. The van der Waals surface area contributed by atoms with E-state index in [1.807, 2.05) is 13.8 Å². The molecule has 0 fully saturated rings. The molecule has 0 aromatic carbocycles. The van der Waals surface area contributed by atoms with Gasteiger partial charge in [-0.2, -0.15) is 0 Å². The predicted molar refractivity (Wildman–Crippen MR) is 86.9 cm³/mol. The van der Waals surface area contributed by atoms with Crippen LogP contribution in [0, 0.1) is 5.41 Å². The van der Waals surface area contributed by atoms with E-state index in [4.69, 9.17) is 4.74 Å². The number of hydrogen-bond acceptors (Lipinski definition) is 2. The highest BCUT2D eigenvalue weighted by Crippen LogP contribution is 2.29. The monoisotopic (exact) mass is 284 g/mol. The molecule has 0 aromatic heterocycles. The zero-order valence-electron chi connectivity index (χ0n) is 14.7. The van der Waals surface area contributed by atoms with Crippen LogP contribution in [0.1, 0.15) is 99.3 Å². The average Bonchev–Trinajstić information content (AvgIpc) is 2.23. The summed E-state index contributed by atoms with van der Waals surface area (Å²) in [5, 5.41) is 0. The van der Waals surface area contributed by atoms with E-state index in [9.17, 15) is 4.79 Å². The number of carbonyl (C=O) groups excluding carboxylic acids is 1. The van der Waals surface area contributed by atoms with E-state index in [0.717, 1.165) is 19.3 Å². The lowest BCUT2D eigenvalue weighted by molar-refractivity contribution is -0.159.